The summed E-state index contributed by atoms with van der Waals surface area (Å²) in [5.74, 6) is 1.20. The van der Waals surface area contributed by atoms with Gasteiger partial charge in [0.2, 0.25) is 0 Å². The molecule has 2 heteroatoms. The molecular weight excluding hydrogens is 212 g/mol. The number of phenols is 1. The van der Waals surface area contributed by atoms with Gasteiger partial charge < -0.3 is 9.84 Å². The molecule has 1 aliphatic heterocycles. The highest BCUT2D eigenvalue weighted by molar-refractivity contribution is 5.41. The predicted octanol–water partition coefficient (Wildman–Crippen LogP) is 3.46. The molecule has 0 unspecified atom stereocenters. The highest BCUT2D eigenvalue weighted by Crippen LogP contribution is 2.36. The first-order valence-corrected chi connectivity index (χ1v) is 5.86. The lowest BCUT2D eigenvalue weighted by molar-refractivity contribution is 0.176. The third-order valence-electron chi connectivity index (χ3n) is 3.16. The quantitative estimate of drug-likeness (QED) is 0.806. The zero-order chi connectivity index (χ0) is 11.7. The van der Waals surface area contributed by atoms with Gasteiger partial charge in [-0.15, -0.1) is 0 Å². The summed E-state index contributed by atoms with van der Waals surface area (Å²) in [6.45, 7) is 0. The summed E-state index contributed by atoms with van der Waals surface area (Å²) < 4.78 is 5.96. The minimum atomic E-state index is 0.133. The van der Waals surface area contributed by atoms with Gasteiger partial charge in [-0.3, -0.25) is 0 Å². The van der Waals surface area contributed by atoms with Crippen LogP contribution in [0, 0.1) is 0 Å². The van der Waals surface area contributed by atoms with Crippen molar-refractivity contribution < 1.29 is 9.84 Å². The van der Waals surface area contributed by atoms with Crippen LogP contribution >= 0.6 is 0 Å². The fraction of sp³-hybridized carbons (Fsp3) is 0.200. The van der Waals surface area contributed by atoms with Crippen LogP contribution in [0.1, 0.15) is 23.7 Å². The summed E-state index contributed by atoms with van der Waals surface area (Å²) in [5, 5.41) is 9.42. The van der Waals surface area contributed by atoms with E-state index in [1.165, 1.54) is 5.56 Å². The van der Waals surface area contributed by atoms with Gasteiger partial charge in [0.15, 0.2) is 0 Å². The molecule has 0 aliphatic carbocycles. The summed E-state index contributed by atoms with van der Waals surface area (Å²) in [6, 6.07) is 15.6. The molecule has 0 bridgehead atoms. The molecule has 1 aliphatic rings. The molecule has 1 atom stereocenters. The van der Waals surface area contributed by atoms with Crippen molar-refractivity contribution in [2.45, 2.75) is 18.9 Å². The number of aromatic hydroxyl groups is 1. The van der Waals surface area contributed by atoms with E-state index in [2.05, 4.69) is 12.1 Å². The van der Waals surface area contributed by atoms with Crippen LogP contribution in [0.25, 0.3) is 0 Å². The molecule has 0 fully saturated rings. The number of ether oxygens (including phenoxy) is 1. The van der Waals surface area contributed by atoms with Gasteiger partial charge in [0.1, 0.15) is 17.6 Å². The monoisotopic (exact) mass is 226 g/mol. The summed E-state index contributed by atoms with van der Waals surface area (Å²) in [4.78, 5) is 0. The predicted molar refractivity (Wildman–Crippen MR) is 66.2 cm³/mol. The number of benzene rings is 2. The van der Waals surface area contributed by atoms with Gasteiger partial charge in [-0.25, -0.2) is 0 Å². The molecule has 86 valence electrons. The van der Waals surface area contributed by atoms with Gasteiger partial charge in [-0.05, 0) is 42.2 Å². The van der Waals surface area contributed by atoms with Crippen molar-refractivity contribution in [3.05, 3.63) is 59.7 Å². The van der Waals surface area contributed by atoms with Crippen LogP contribution in [0.2, 0.25) is 0 Å². The molecule has 3 rings (SSSR count). The fourth-order valence-corrected chi connectivity index (χ4v) is 2.28. The molecule has 0 amide bonds. The molecule has 2 nitrogen and oxygen atoms in total. The normalized spacial score (nSPS) is 18.2. The highest BCUT2D eigenvalue weighted by Gasteiger charge is 2.21. The molecule has 0 saturated carbocycles. The van der Waals surface area contributed by atoms with E-state index < -0.39 is 0 Å². The standard InChI is InChI=1S/C15H14O2/c16-13-7-9-15-12(10-13)6-8-14(17-15)11-4-2-1-3-5-11/h1-5,7,9-10,14,16H,6,8H2/t14-/m0/s1. The Labute approximate surface area is 100 Å². The van der Waals surface area contributed by atoms with Gasteiger partial charge in [0, 0.05) is 0 Å². The lowest BCUT2D eigenvalue weighted by atomic mass is 9.97. The topological polar surface area (TPSA) is 29.5 Å². The molecule has 17 heavy (non-hydrogen) atoms. The zero-order valence-corrected chi connectivity index (χ0v) is 9.47. The lowest BCUT2D eigenvalue weighted by Gasteiger charge is -2.26. The van der Waals surface area contributed by atoms with Gasteiger partial charge in [0.25, 0.3) is 0 Å². The average Bonchev–Trinajstić information content (AvgIpc) is 2.39. The molecule has 0 spiro atoms. The summed E-state index contributed by atoms with van der Waals surface area (Å²) in [5.41, 5.74) is 2.31. The smallest absolute Gasteiger partial charge is 0.124 e. The maximum Gasteiger partial charge on any atom is 0.124 e. The Morgan fingerprint density at radius 3 is 2.71 bits per heavy atom. The number of aryl methyl sites for hydroxylation is 1. The second-order valence-corrected chi connectivity index (χ2v) is 4.35. The largest absolute Gasteiger partial charge is 0.508 e. The Morgan fingerprint density at radius 2 is 1.88 bits per heavy atom. The van der Waals surface area contributed by atoms with Crippen molar-refractivity contribution >= 4 is 0 Å². The van der Waals surface area contributed by atoms with Crippen molar-refractivity contribution in [3.8, 4) is 11.5 Å². The van der Waals surface area contributed by atoms with E-state index in [4.69, 9.17) is 4.74 Å². The molecule has 2 aromatic rings. The van der Waals surface area contributed by atoms with Crippen LogP contribution in [-0.4, -0.2) is 5.11 Å². The van der Waals surface area contributed by atoms with Crippen molar-refractivity contribution in [1.82, 2.24) is 0 Å². The summed E-state index contributed by atoms with van der Waals surface area (Å²) >= 11 is 0. The second kappa shape index (κ2) is 4.13. The molecule has 1 heterocycles. The van der Waals surface area contributed by atoms with Gasteiger partial charge >= 0.3 is 0 Å². The molecule has 0 radical (unpaired) electrons. The Morgan fingerprint density at radius 1 is 1.06 bits per heavy atom. The van der Waals surface area contributed by atoms with Gasteiger partial charge in [0.05, 0.1) is 0 Å². The van der Waals surface area contributed by atoms with Gasteiger partial charge in [-0.2, -0.15) is 0 Å². The van der Waals surface area contributed by atoms with Crippen LogP contribution in [0.3, 0.4) is 0 Å². The lowest BCUT2D eigenvalue weighted by Crippen LogP contribution is -2.14. The number of hydrogen-bond acceptors (Lipinski definition) is 2. The van der Waals surface area contributed by atoms with E-state index in [9.17, 15) is 5.11 Å². The Balaban J connectivity index is 1.88. The van der Waals surface area contributed by atoms with Crippen molar-refractivity contribution in [2.75, 3.05) is 0 Å². The van der Waals surface area contributed by atoms with Crippen LogP contribution < -0.4 is 4.74 Å². The molecule has 0 aromatic heterocycles. The minimum absolute atomic E-state index is 0.133. The Kier molecular flexibility index (Phi) is 2.48. The number of rotatable bonds is 1. The fourth-order valence-electron chi connectivity index (χ4n) is 2.28. The number of fused-ring (bicyclic) bond motifs is 1. The Hall–Kier alpha value is -1.96. The van der Waals surface area contributed by atoms with Crippen molar-refractivity contribution in [3.63, 3.8) is 0 Å². The third-order valence-corrected chi connectivity index (χ3v) is 3.16. The van der Waals surface area contributed by atoms with E-state index in [0.717, 1.165) is 24.2 Å². The molecule has 0 saturated heterocycles. The minimum Gasteiger partial charge on any atom is -0.508 e. The highest BCUT2D eigenvalue weighted by atomic mass is 16.5. The summed E-state index contributed by atoms with van der Waals surface area (Å²) in [7, 11) is 0. The molecular formula is C15H14O2. The van der Waals surface area contributed by atoms with E-state index >= 15 is 0 Å². The molecule has 1 N–H and O–H groups in total. The van der Waals surface area contributed by atoms with E-state index in [0.29, 0.717) is 5.75 Å². The van der Waals surface area contributed by atoms with E-state index in [-0.39, 0.29) is 6.10 Å². The van der Waals surface area contributed by atoms with Crippen molar-refractivity contribution in [2.24, 2.45) is 0 Å². The van der Waals surface area contributed by atoms with Crippen LogP contribution in [0.5, 0.6) is 11.5 Å². The SMILES string of the molecule is Oc1ccc2c(c1)CC[C@@H](c1ccccc1)O2. The maximum absolute atomic E-state index is 9.42. The average molecular weight is 226 g/mol. The van der Waals surface area contributed by atoms with Gasteiger partial charge in [-0.1, -0.05) is 30.3 Å². The van der Waals surface area contributed by atoms with Crippen molar-refractivity contribution in [1.29, 1.82) is 0 Å². The zero-order valence-electron chi connectivity index (χ0n) is 9.47. The third kappa shape index (κ3) is 1.98. The number of hydrogen-bond donors (Lipinski definition) is 1. The van der Waals surface area contributed by atoms with Crippen LogP contribution in [0.15, 0.2) is 48.5 Å². The summed E-state index contributed by atoms with van der Waals surface area (Å²) in [6.07, 6.45) is 2.04. The maximum atomic E-state index is 9.42. The van der Waals surface area contributed by atoms with Crippen LogP contribution in [-0.2, 0) is 6.42 Å². The van der Waals surface area contributed by atoms with E-state index in [1.807, 2.05) is 24.3 Å². The first-order valence-electron chi connectivity index (χ1n) is 5.86. The van der Waals surface area contributed by atoms with E-state index in [1.54, 1.807) is 12.1 Å². The first kappa shape index (κ1) is 10.2. The Bertz CT molecular complexity index is 520. The second-order valence-electron chi connectivity index (χ2n) is 4.35. The number of phenolic OH excluding ortho intramolecular Hbond substituents is 1. The van der Waals surface area contributed by atoms with Crippen LogP contribution in [0.4, 0.5) is 0 Å². The molecule has 2 aromatic carbocycles. The first-order chi connectivity index (χ1) is 8.33.